The fourth-order valence-electron chi connectivity index (χ4n) is 2.85. The molecule has 3 aromatic rings. The number of ether oxygens (including phenoxy) is 1. The summed E-state index contributed by atoms with van der Waals surface area (Å²) in [7, 11) is 0. The van der Waals surface area contributed by atoms with Gasteiger partial charge in [-0.05, 0) is 49.6 Å². The minimum absolute atomic E-state index is 0.0483. The van der Waals surface area contributed by atoms with Crippen LogP contribution in [-0.4, -0.2) is 29.3 Å². The fourth-order valence-corrected chi connectivity index (χ4v) is 3.63. The summed E-state index contributed by atoms with van der Waals surface area (Å²) in [5.74, 6) is -0.609. The van der Waals surface area contributed by atoms with E-state index in [-0.39, 0.29) is 43.0 Å². The van der Waals surface area contributed by atoms with E-state index in [1.807, 2.05) is 32.0 Å². The molecule has 9 heteroatoms. The molecule has 0 fully saturated rings. The number of aromatic nitrogens is 1. The molecular weight excluding hydrogens is 430 g/mol. The molecule has 168 valence electrons. The molecule has 0 aliphatic carbocycles. The number of benzene rings is 1. The van der Waals surface area contributed by atoms with E-state index in [9.17, 15) is 14.4 Å². The van der Waals surface area contributed by atoms with Gasteiger partial charge in [0.25, 0.3) is 5.91 Å². The summed E-state index contributed by atoms with van der Waals surface area (Å²) < 4.78 is 10.2. The van der Waals surface area contributed by atoms with Gasteiger partial charge in [0, 0.05) is 24.0 Å². The van der Waals surface area contributed by atoms with Crippen LogP contribution in [0.4, 0.5) is 5.69 Å². The van der Waals surface area contributed by atoms with Crippen LogP contribution in [0.15, 0.2) is 46.4 Å². The van der Waals surface area contributed by atoms with Gasteiger partial charge in [0.15, 0.2) is 5.76 Å². The van der Waals surface area contributed by atoms with Crippen LogP contribution in [0.1, 0.15) is 45.2 Å². The van der Waals surface area contributed by atoms with Gasteiger partial charge in [-0.15, -0.1) is 11.3 Å². The summed E-state index contributed by atoms with van der Waals surface area (Å²) in [5.41, 5.74) is 3.46. The second kappa shape index (κ2) is 11.2. The van der Waals surface area contributed by atoms with Gasteiger partial charge < -0.3 is 19.8 Å². The van der Waals surface area contributed by atoms with Crippen LogP contribution in [0.5, 0.6) is 0 Å². The number of hydrogen-bond acceptors (Lipinski definition) is 7. The Morgan fingerprint density at radius 3 is 2.81 bits per heavy atom. The standard InChI is InChI=1S/C23H25N3O5S/c1-15-7-8-16(2)18(11-15)26-20(27)12-21-25-17(14-32-21)13-31-22(28)6-3-9-24-23(29)19-5-4-10-30-19/h4-5,7-8,10-11,14H,3,6,9,12-13H2,1-2H3,(H,24,29)(H,26,27). The number of furan rings is 1. The van der Waals surface area contributed by atoms with E-state index in [0.29, 0.717) is 23.7 Å². The lowest BCUT2D eigenvalue weighted by atomic mass is 10.1. The first-order valence-corrected chi connectivity index (χ1v) is 11.1. The maximum atomic E-state index is 12.3. The molecule has 0 saturated carbocycles. The third kappa shape index (κ3) is 7.05. The zero-order valence-electron chi connectivity index (χ0n) is 18.0. The topological polar surface area (TPSA) is 111 Å². The first kappa shape index (κ1) is 23.2. The SMILES string of the molecule is Cc1ccc(C)c(NC(=O)Cc2nc(COC(=O)CCCNC(=O)c3ccco3)cs2)c1. The molecular formula is C23H25N3O5S. The van der Waals surface area contributed by atoms with Crippen molar-refractivity contribution in [3.63, 3.8) is 0 Å². The number of carbonyl (C=O) groups excluding carboxylic acids is 3. The smallest absolute Gasteiger partial charge is 0.306 e. The zero-order valence-corrected chi connectivity index (χ0v) is 18.8. The molecule has 32 heavy (non-hydrogen) atoms. The monoisotopic (exact) mass is 455 g/mol. The Bertz CT molecular complexity index is 1080. The molecule has 0 saturated heterocycles. The normalized spacial score (nSPS) is 10.6. The number of esters is 1. The Kier molecular flexibility index (Phi) is 8.15. The van der Waals surface area contributed by atoms with Crippen LogP contribution >= 0.6 is 11.3 Å². The van der Waals surface area contributed by atoms with Crippen molar-refractivity contribution in [2.45, 2.75) is 39.7 Å². The molecule has 2 aromatic heterocycles. The molecule has 0 atom stereocenters. The van der Waals surface area contributed by atoms with Gasteiger partial charge in [0.05, 0.1) is 18.4 Å². The predicted octanol–water partition coefficient (Wildman–Crippen LogP) is 3.79. The van der Waals surface area contributed by atoms with Crippen LogP contribution in [-0.2, 0) is 27.4 Å². The maximum absolute atomic E-state index is 12.3. The highest BCUT2D eigenvalue weighted by Gasteiger charge is 2.12. The highest BCUT2D eigenvalue weighted by molar-refractivity contribution is 7.09. The van der Waals surface area contributed by atoms with E-state index >= 15 is 0 Å². The molecule has 0 spiro atoms. The van der Waals surface area contributed by atoms with Crippen molar-refractivity contribution in [2.24, 2.45) is 0 Å². The van der Waals surface area contributed by atoms with Gasteiger partial charge in [-0.2, -0.15) is 0 Å². The average Bonchev–Trinajstić information content (AvgIpc) is 3.44. The summed E-state index contributed by atoms with van der Waals surface area (Å²) in [6, 6.07) is 9.10. The molecule has 1 aromatic carbocycles. The average molecular weight is 456 g/mol. The number of amides is 2. The number of hydrogen-bond donors (Lipinski definition) is 2. The highest BCUT2D eigenvalue weighted by atomic mass is 32.1. The third-order valence-corrected chi connectivity index (χ3v) is 5.45. The Morgan fingerprint density at radius 2 is 2.03 bits per heavy atom. The van der Waals surface area contributed by atoms with Crippen LogP contribution < -0.4 is 10.6 Å². The van der Waals surface area contributed by atoms with Gasteiger partial charge in [-0.1, -0.05) is 12.1 Å². The van der Waals surface area contributed by atoms with Crippen molar-refractivity contribution >= 4 is 34.8 Å². The second-order valence-electron chi connectivity index (χ2n) is 7.27. The van der Waals surface area contributed by atoms with Crippen molar-refractivity contribution < 1.29 is 23.5 Å². The number of rotatable bonds is 10. The van der Waals surface area contributed by atoms with E-state index in [1.165, 1.54) is 17.6 Å². The van der Waals surface area contributed by atoms with E-state index in [0.717, 1.165) is 16.8 Å². The van der Waals surface area contributed by atoms with Crippen molar-refractivity contribution in [3.8, 4) is 0 Å². The third-order valence-electron chi connectivity index (χ3n) is 4.55. The summed E-state index contributed by atoms with van der Waals surface area (Å²) in [4.78, 5) is 40.3. The molecule has 0 aliphatic rings. The van der Waals surface area contributed by atoms with Gasteiger partial charge in [0.2, 0.25) is 5.91 Å². The minimum Gasteiger partial charge on any atom is -0.459 e. The molecule has 2 amide bonds. The van der Waals surface area contributed by atoms with Crippen molar-refractivity contribution in [1.29, 1.82) is 0 Å². The number of aryl methyl sites for hydroxylation is 2. The predicted molar refractivity (Wildman–Crippen MR) is 120 cm³/mol. The zero-order chi connectivity index (χ0) is 22.9. The maximum Gasteiger partial charge on any atom is 0.306 e. The Labute approximate surface area is 190 Å². The Balaban J connectivity index is 1.35. The van der Waals surface area contributed by atoms with Crippen molar-refractivity contribution in [2.75, 3.05) is 11.9 Å². The van der Waals surface area contributed by atoms with Crippen LogP contribution in [0.3, 0.4) is 0 Å². The minimum atomic E-state index is -0.375. The number of nitrogens with zero attached hydrogens (tertiary/aromatic N) is 1. The molecule has 0 aliphatic heterocycles. The highest BCUT2D eigenvalue weighted by Crippen LogP contribution is 2.18. The molecule has 2 N–H and O–H groups in total. The lowest BCUT2D eigenvalue weighted by Gasteiger charge is -2.08. The molecule has 2 heterocycles. The summed E-state index contributed by atoms with van der Waals surface area (Å²) in [5, 5.41) is 8.01. The Hall–Kier alpha value is -3.46. The van der Waals surface area contributed by atoms with E-state index in [1.54, 1.807) is 17.5 Å². The first-order valence-electron chi connectivity index (χ1n) is 10.2. The van der Waals surface area contributed by atoms with Crippen LogP contribution in [0.25, 0.3) is 0 Å². The number of thiazole rings is 1. The van der Waals surface area contributed by atoms with Gasteiger partial charge >= 0.3 is 5.97 Å². The summed E-state index contributed by atoms with van der Waals surface area (Å²) in [6.07, 6.45) is 2.20. The molecule has 0 radical (unpaired) electrons. The second-order valence-corrected chi connectivity index (χ2v) is 8.22. The van der Waals surface area contributed by atoms with Gasteiger partial charge in [-0.25, -0.2) is 4.98 Å². The quantitative estimate of drug-likeness (QED) is 0.355. The van der Waals surface area contributed by atoms with E-state index in [4.69, 9.17) is 9.15 Å². The molecule has 8 nitrogen and oxygen atoms in total. The van der Waals surface area contributed by atoms with Crippen molar-refractivity contribution in [1.82, 2.24) is 10.3 Å². The fraction of sp³-hybridized carbons (Fsp3) is 0.304. The lowest BCUT2D eigenvalue weighted by molar-refractivity contribution is -0.145. The molecule has 3 rings (SSSR count). The van der Waals surface area contributed by atoms with Gasteiger partial charge in [-0.3, -0.25) is 14.4 Å². The van der Waals surface area contributed by atoms with E-state index < -0.39 is 0 Å². The van der Waals surface area contributed by atoms with Crippen molar-refractivity contribution in [3.05, 3.63) is 69.6 Å². The number of carbonyl (C=O) groups is 3. The molecule has 0 bridgehead atoms. The summed E-state index contributed by atoms with van der Waals surface area (Å²) in [6.45, 7) is 4.30. The Morgan fingerprint density at radius 1 is 1.19 bits per heavy atom. The lowest BCUT2D eigenvalue weighted by Crippen LogP contribution is -2.24. The van der Waals surface area contributed by atoms with Crippen LogP contribution in [0, 0.1) is 13.8 Å². The van der Waals surface area contributed by atoms with E-state index in [2.05, 4.69) is 15.6 Å². The molecule has 0 unspecified atom stereocenters. The largest absolute Gasteiger partial charge is 0.459 e. The number of nitrogens with one attached hydrogen (secondary N) is 2. The summed E-state index contributed by atoms with van der Waals surface area (Å²) >= 11 is 1.35. The first-order chi connectivity index (χ1) is 15.4. The number of anilines is 1. The van der Waals surface area contributed by atoms with Gasteiger partial charge in [0.1, 0.15) is 11.6 Å². The van der Waals surface area contributed by atoms with Crippen LogP contribution in [0.2, 0.25) is 0 Å².